The molecule has 0 aliphatic carbocycles. The Bertz CT molecular complexity index is 156. The molecule has 0 amide bonds. The van der Waals surface area contributed by atoms with E-state index in [0.29, 0.717) is 6.61 Å². The van der Waals surface area contributed by atoms with Crippen LogP contribution in [-0.4, -0.2) is 18.5 Å². The molecular weight excluding hydrogens is 152 g/mol. The van der Waals surface area contributed by atoms with E-state index < -0.39 is 0 Å². The minimum Gasteiger partial charge on any atom is -0.350 e. The number of ether oxygens (including phenoxy) is 2. The molecule has 2 nitrogen and oxygen atoms in total. The molecule has 0 N–H and O–H groups in total. The van der Waals surface area contributed by atoms with Crippen molar-refractivity contribution >= 4 is 0 Å². The lowest BCUT2D eigenvalue weighted by molar-refractivity contribution is -0.0970. The summed E-state index contributed by atoms with van der Waals surface area (Å²) >= 11 is 0. The van der Waals surface area contributed by atoms with Gasteiger partial charge in [0.1, 0.15) is 0 Å². The van der Waals surface area contributed by atoms with Gasteiger partial charge in [0.2, 0.25) is 0 Å². The van der Waals surface area contributed by atoms with Crippen LogP contribution < -0.4 is 0 Å². The molecule has 0 bridgehead atoms. The lowest BCUT2D eigenvalue weighted by Crippen LogP contribution is -2.24. The molecular formula is C10H20O2. The van der Waals surface area contributed by atoms with E-state index >= 15 is 0 Å². The summed E-state index contributed by atoms with van der Waals surface area (Å²) in [6, 6.07) is 0. The van der Waals surface area contributed by atoms with Crippen molar-refractivity contribution in [2.24, 2.45) is 5.41 Å². The minimum atomic E-state index is -0.0874. The summed E-state index contributed by atoms with van der Waals surface area (Å²) in [5.41, 5.74) is 0.195. The van der Waals surface area contributed by atoms with Crippen LogP contribution in [-0.2, 0) is 9.47 Å². The molecule has 1 unspecified atom stereocenters. The highest BCUT2D eigenvalue weighted by atomic mass is 16.7. The SMILES string of the molecule is CC(C)(C)CC1OCC(C)(C)O1. The Morgan fingerprint density at radius 1 is 1.33 bits per heavy atom. The summed E-state index contributed by atoms with van der Waals surface area (Å²) in [7, 11) is 0. The molecule has 12 heavy (non-hydrogen) atoms. The Morgan fingerprint density at radius 2 is 1.92 bits per heavy atom. The van der Waals surface area contributed by atoms with E-state index in [1.165, 1.54) is 0 Å². The molecule has 0 aromatic heterocycles. The summed E-state index contributed by atoms with van der Waals surface area (Å²) in [5, 5.41) is 0. The second-order valence-corrected chi connectivity index (χ2v) is 5.38. The molecule has 0 radical (unpaired) electrons. The van der Waals surface area contributed by atoms with Crippen molar-refractivity contribution in [2.45, 2.75) is 52.9 Å². The zero-order valence-corrected chi connectivity index (χ0v) is 8.81. The van der Waals surface area contributed by atoms with Gasteiger partial charge in [-0.05, 0) is 19.3 Å². The predicted molar refractivity (Wildman–Crippen MR) is 49.0 cm³/mol. The van der Waals surface area contributed by atoms with Gasteiger partial charge >= 0.3 is 0 Å². The van der Waals surface area contributed by atoms with Crippen LogP contribution in [0.1, 0.15) is 41.0 Å². The maximum absolute atomic E-state index is 5.70. The first-order valence-corrected chi connectivity index (χ1v) is 4.58. The Labute approximate surface area is 75.2 Å². The second-order valence-electron chi connectivity index (χ2n) is 5.38. The van der Waals surface area contributed by atoms with Crippen molar-refractivity contribution in [3.05, 3.63) is 0 Å². The van der Waals surface area contributed by atoms with Gasteiger partial charge in [0.25, 0.3) is 0 Å². The zero-order valence-electron chi connectivity index (χ0n) is 8.81. The van der Waals surface area contributed by atoms with Crippen molar-refractivity contribution in [1.82, 2.24) is 0 Å². The average Bonchev–Trinajstić information content (AvgIpc) is 2.05. The number of hydrogen-bond acceptors (Lipinski definition) is 2. The molecule has 0 saturated carbocycles. The average molecular weight is 172 g/mol. The van der Waals surface area contributed by atoms with Gasteiger partial charge in [-0.3, -0.25) is 0 Å². The molecule has 72 valence electrons. The maximum atomic E-state index is 5.70. The largest absolute Gasteiger partial charge is 0.350 e. The van der Waals surface area contributed by atoms with Gasteiger partial charge in [0.05, 0.1) is 12.2 Å². The van der Waals surface area contributed by atoms with Crippen LogP contribution in [0.25, 0.3) is 0 Å². The van der Waals surface area contributed by atoms with Crippen LogP contribution in [0, 0.1) is 5.41 Å². The van der Waals surface area contributed by atoms with Gasteiger partial charge < -0.3 is 9.47 Å². The molecule has 1 aliphatic rings. The Balaban J connectivity index is 2.39. The van der Waals surface area contributed by atoms with Crippen molar-refractivity contribution < 1.29 is 9.47 Å². The third-order valence-electron chi connectivity index (χ3n) is 1.85. The van der Waals surface area contributed by atoms with E-state index in [0.717, 1.165) is 6.42 Å². The van der Waals surface area contributed by atoms with Crippen molar-refractivity contribution in [2.75, 3.05) is 6.61 Å². The molecule has 1 fully saturated rings. The first kappa shape index (κ1) is 10.0. The van der Waals surface area contributed by atoms with Gasteiger partial charge in [-0.2, -0.15) is 0 Å². The smallest absolute Gasteiger partial charge is 0.159 e. The molecule has 1 heterocycles. The quantitative estimate of drug-likeness (QED) is 0.605. The number of hydrogen-bond donors (Lipinski definition) is 0. The predicted octanol–water partition coefficient (Wildman–Crippen LogP) is 2.57. The Hall–Kier alpha value is -0.0800. The van der Waals surface area contributed by atoms with Crippen molar-refractivity contribution in [3.63, 3.8) is 0 Å². The van der Waals surface area contributed by atoms with Gasteiger partial charge in [0, 0.05) is 6.42 Å². The van der Waals surface area contributed by atoms with Crippen LogP contribution in [0.4, 0.5) is 0 Å². The number of rotatable bonds is 1. The van der Waals surface area contributed by atoms with Crippen LogP contribution in [0.2, 0.25) is 0 Å². The highest BCUT2D eigenvalue weighted by Gasteiger charge is 2.34. The minimum absolute atomic E-state index is 0.000000000000000222. The van der Waals surface area contributed by atoms with Crippen LogP contribution in [0.15, 0.2) is 0 Å². The van der Waals surface area contributed by atoms with E-state index in [1.54, 1.807) is 0 Å². The van der Waals surface area contributed by atoms with E-state index in [2.05, 4.69) is 34.6 Å². The summed E-state index contributed by atoms with van der Waals surface area (Å²) in [6.45, 7) is 11.4. The molecule has 1 atom stereocenters. The highest BCUT2D eigenvalue weighted by Crippen LogP contribution is 2.30. The molecule has 1 rings (SSSR count). The third kappa shape index (κ3) is 3.11. The van der Waals surface area contributed by atoms with Crippen LogP contribution >= 0.6 is 0 Å². The van der Waals surface area contributed by atoms with E-state index in [-0.39, 0.29) is 17.3 Å². The summed E-state index contributed by atoms with van der Waals surface area (Å²) in [4.78, 5) is 0. The topological polar surface area (TPSA) is 18.5 Å². The lowest BCUT2D eigenvalue weighted by Gasteiger charge is -2.23. The molecule has 0 aromatic carbocycles. The molecule has 1 saturated heterocycles. The van der Waals surface area contributed by atoms with E-state index in [9.17, 15) is 0 Å². The standard InChI is InChI=1S/C10H20O2/c1-9(2,3)6-8-11-7-10(4,5)12-8/h8H,6-7H2,1-5H3. The second kappa shape index (κ2) is 3.00. The fourth-order valence-electron chi connectivity index (χ4n) is 1.32. The third-order valence-corrected chi connectivity index (χ3v) is 1.85. The van der Waals surface area contributed by atoms with Crippen LogP contribution in [0.3, 0.4) is 0 Å². The monoisotopic (exact) mass is 172 g/mol. The highest BCUT2D eigenvalue weighted by molar-refractivity contribution is 4.76. The first-order valence-electron chi connectivity index (χ1n) is 4.58. The normalized spacial score (nSPS) is 29.2. The fourth-order valence-corrected chi connectivity index (χ4v) is 1.32. The molecule has 1 aliphatic heterocycles. The van der Waals surface area contributed by atoms with Crippen molar-refractivity contribution in [3.8, 4) is 0 Å². The van der Waals surface area contributed by atoms with Crippen molar-refractivity contribution in [1.29, 1.82) is 0 Å². The first-order chi connectivity index (χ1) is 5.29. The summed E-state index contributed by atoms with van der Waals surface area (Å²) in [5.74, 6) is 0. The summed E-state index contributed by atoms with van der Waals surface area (Å²) < 4.78 is 11.2. The molecule has 0 aromatic rings. The lowest BCUT2D eigenvalue weighted by atomic mass is 9.92. The van der Waals surface area contributed by atoms with Crippen LogP contribution in [0.5, 0.6) is 0 Å². The summed E-state index contributed by atoms with van der Waals surface area (Å²) in [6.07, 6.45) is 0.969. The van der Waals surface area contributed by atoms with E-state index in [4.69, 9.17) is 9.47 Å². The van der Waals surface area contributed by atoms with E-state index in [1.807, 2.05) is 0 Å². The van der Waals surface area contributed by atoms with Gasteiger partial charge in [-0.15, -0.1) is 0 Å². The Morgan fingerprint density at radius 3 is 2.25 bits per heavy atom. The molecule has 2 heteroatoms. The zero-order chi connectivity index (χ0) is 9.41. The fraction of sp³-hybridized carbons (Fsp3) is 1.00. The Kier molecular flexibility index (Phi) is 2.50. The van der Waals surface area contributed by atoms with Gasteiger partial charge in [-0.1, -0.05) is 20.8 Å². The molecule has 0 spiro atoms. The van der Waals surface area contributed by atoms with Gasteiger partial charge in [-0.25, -0.2) is 0 Å². The van der Waals surface area contributed by atoms with Gasteiger partial charge in [0.15, 0.2) is 6.29 Å². The maximum Gasteiger partial charge on any atom is 0.159 e.